The van der Waals surface area contributed by atoms with E-state index in [2.05, 4.69) is 107 Å². The Labute approximate surface area is 263 Å². The summed E-state index contributed by atoms with van der Waals surface area (Å²) in [5, 5.41) is 6.41. The standard InChI is InChI=1S/C29H32N2O.C9H16N2O/c1-22(32)30(2)28-19-18-23-20-31(21-27(23)28)29(24-12-6-3-7-13-24,25-14-8-4-9-15-25)26-16-10-5-11-17-26;1-6(12)11-9-3-2-7-4-10-5-8(7)9/h3-17,23,27-28H,18-21H2,1-2H3;7-10H,2-5H2,1H3,(H,11,12). The average Bonchev–Trinajstić information content (AvgIpc) is 3.83. The van der Waals surface area contributed by atoms with Crippen molar-refractivity contribution in [3.63, 3.8) is 0 Å². The molecular formula is C38H48N4O2. The molecule has 4 aliphatic rings. The number of fused-ring (bicyclic) bond motifs is 2. The van der Waals surface area contributed by atoms with Gasteiger partial charge in [-0.3, -0.25) is 14.5 Å². The number of benzene rings is 3. The molecule has 0 spiro atoms. The van der Waals surface area contributed by atoms with Gasteiger partial charge in [-0.2, -0.15) is 0 Å². The molecule has 2 saturated carbocycles. The summed E-state index contributed by atoms with van der Waals surface area (Å²) in [6.07, 6.45) is 4.77. The summed E-state index contributed by atoms with van der Waals surface area (Å²) < 4.78 is 0. The van der Waals surface area contributed by atoms with Gasteiger partial charge < -0.3 is 15.5 Å². The minimum atomic E-state index is -0.354. The Bertz CT molecular complexity index is 1300. The molecule has 4 fully saturated rings. The number of carbonyl (C=O) groups is 2. The van der Waals surface area contributed by atoms with E-state index in [-0.39, 0.29) is 17.4 Å². The van der Waals surface area contributed by atoms with E-state index in [1.54, 1.807) is 13.8 Å². The molecule has 2 heterocycles. The topological polar surface area (TPSA) is 64.7 Å². The van der Waals surface area contributed by atoms with Crippen LogP contribution in [0.3, 0.4) is 0 Å². The number of nitrogens with zero attached hydrogens (tertiary/aromatic N) is 2. The Morgan fingerprint density at radius 1 is 0.727 bits per heavy atom. The van der Waals surface area contributed by atoms with Gasteiger partial charge in [-0.15, -0.1) is 0 Å². The fourth-order valence-electron chi connectivity index (χ4n) is 8.90. The molecular weight excluding hydrogens is 544 g/mol. The second kappa shape index (κ2) is 13.3. The molecule has 0 radical (unpaired) electrons. The highest BCUT2D eigenvalue weighted by Gasteiger charge is 2.52. The van der Waals surface area contributed by atoms with Crippen LogP contribution >= 0.6 is 0 Å². The van der Waals surface area contributed by atoms with E-state index >= 15 is 0 Å². The maximum absolute atomic E-state index is 12.2. The molecule has 3 aromatic carbocycles. The number of nitrogens with one attached hydrogen (secondary N) is 2. The lowest BCUT2D eigenvalue weighted by Gasteiger charge is -2.44. The summed E-state index contributed by atoms with van der Waals surface area (Å²) in [5.41, 5.74) is 3.55. The summed E-state index contributed by atoms with van der Waals surface area (Å²) in [4.78, 5) is 27.7. The first kappa shape index (κ1) is 30.5. The number of amides is 2. The van der Waals surface area contributed by atoms with Gasteiger partial charge in [0.15, 0.2) is 0 Å². The van der Waals surface area contributed by atoms with E-state index in [4.69, 9.17) is 0 Å². The molecule has 232 valence electrons. The zero-order chi connectivity index (χ0) is 30.7. The number of hydrogen-bond donors (Lipinski definition) is 2. The highest BCUT2D eigenvalue weighted by Crippen LogP contribution is 2.49. The van der Waals surface area contributed by atoms with Gasteiger partial charge in [-0.1, -0.05) is 91.0 Å². The zero-order valence-electron chi connectivity index (χ0n) is 26.5. The summed E-state index contributed by atoms with van der Waals surface area (Å²) in [6.45, 7) is 7.59. The van der Waals surface area contributed by atoms with Crippen LogP contribution in [0.1, 0.15) is 56.2 Å². The van der Waals surface area contributed by atoms with Gasteiger partial charge in [0.25, 0.3) is 0 Å². The van der Waals surface area contributed by atoms with Crippen molar-refractivity contribution in [1.29, 1.82) is 0 Å². The smallest absolute Gasteiger partial charge is 0.219 e. The summed E-state index contributed by atoms with van der Waals surface area (Å²) in [7, 11) is 1.98. The third-order valence-corrected chi connectivity index (χ3v) is 11.0. The van der Waals surface area contributed by atoms with Crippen molar-refractivity contribution < 1.29 is 9.59 Å². The van der Waals surface area contributed by atoms with E-state index in [1.807, 2.05) is 11.9 Å². The number of hydrogen-bond acceptors (Lipinski definition) is 4. The summed E-state index contributed by atoms with van der Waals surface area (Å²) in [6, 6.07) is 33.6. The highest BCUT2D eigenvalue weighted by atomic mass is 16.2. The van der Waals surface area contributed by atoms with Crippen LogP contribution in [-0.4, -0.2) is 66.9 Å². The van der Waals surface area contributed by atoms with E-state index in [0.717, 1.165) is 38.5 Å². The van der Waals surface area contributed by atoms with E-state index in [1.165, 1.54) is 36.0 Å². The molecule has 6 atom stereocenters. The van der Waals surface area contributed by atoms with Gasteiger partial charge in [-0.25, -0.2) is 0 Å². The van der Waals surface area contributed by atoms with Crippen LogP contribution in [0.2, 0.25) is 0 Å². The average molecular weight is 593 g/mol. The maximum Gasteiger partial charge on any atom is 0.219 e. The van der Waals surface area contributed by atoms with E-state index in [0.29, 0.717) is 29.8 Å². The Kier molecular flexibility index (Phi) is 9.20. The van der Waals surface area contributed by atoms with Crippen LogP contribution < -0.4 is 10.6 Å². The van der Waals surface area contributed by atoms with Crippen LogP contribution in [0.5, 0.6) is 0 Å². The van der Waals surface area contributed by atoms with Crippen LogP contribution in [0.15, 0.2) is 91.0 Å². The monoisotopic (exact) mass is 592 g/mol. The fraction of sp³-hybridized carbons (Fsp3) is 0.474. The molecule has 3 aromatic rings. The molecule has 0 aromatic heterocycles. The molecule has 2 amide bonds. The molecule has 6 nitrogen and oxygen atoms in total. The Morgan fingerprint density at radius 2 is 1.27 bits per heavy atom. The first-order chi connectivity index (χ1) is 21.4. The van der Waals surface area contributed by atoms with Gasteiger partial charge in [0.05, 0.1) is 5.54 Å². The van der Waals surface area contributed by atoms with Crippen molar-refractivity contribution in [2.45, 2.75) is 57.2 Å². The van der Waals surface area contributed by atoms with Crippen molar-refractivity contribution in [2.24, 2.45) is 23.7 Å². The molecule has 6 unspecified atom stereocenters. The second-order valence-corrected chi connectivity index (χ2v) is 13.4. The van der Waals surface area contributed by atoms with Crippen LogP contribution in [0.25, 0.3) is 0 Å². The first-order valence-corrected chi connectivity index (χ1v) is 16.5. The van der Waals surface area contributed by atoms with E-state index in [9.17, 15) is 9.59 Å². The lowest BCUT2D eigenvalue weighted by Crippen LogP contribution is -2.48. The van der Waals surface area contributed by atoms with Crippen LogP contribution in [0.4, 0.5) is 0 Å². The van der Waals surface area contributed by atoms with Crippen molar-refractivity contribution in [2.75, 3.05) is 33.2 Å². The normalized spacial score (nSPS) is 27.6. The van der Waals surface area contributed by atoms with Crippen molar-refractivity contribution in [1.82, 2.24) is 20.4 Å². The quantitative estimate of drug-likeness (QED) is 0.382. The predicted octanol–water partition coefficient (Wildman–Crippen LogP) is 5.29. The van der Waals surface area contributed by atoms with Gasteiger partial charge >= 0.3 is 0 Å². The molecule has 2 aliphatic carbocycles. The Balaban J connectivity index is 0.000000238. The molecule has 2 saturated heterocycles. The van der Waals surface area contributed by atoms with Crippen LogP contribution in [0, 0.1) is 23.7 Å². The molecule has 44 heavy (non-hydrogen) atoms. The number of likely N-dealkylation sites (tertiary alicyclic amines) is 1. The Hall–Kier alpha value is -3.48. The van der Waals surface area contributed by atoms with Gasteiger partial charge in [0, 0.05) is 52.6 Å². The third-order valence-electron chi connectivity index (χ3n) is 11.0. The summed E-state index contributed by atoms with van der Waals surface area (Å²) >= 11 is 0. The minimum absolute atomic E-state index is 0.118. The lowest BCUT2D eigenvalue weighted by atomic mass is 9.75. The van der Waals surface area contributed by atoms with Crippen LogP contribution in [-0.2, 0) is 15.1 Å². The SMILES string of the molecule is CC(=O)N(C)C1CCC2CN(C(c3ccccc3)(c3ccccc3)c3ccccc3)CC21.CC(=O)NC1CCC2CNCC21. The molecule has 6 heteroatoms. The third kappa shape index (κ3) is 5.82. The highest BCUT2D eigenvalue weighted by molar-refractivity contribution is 5.73. The first-order valence-electron chi connectivity index (χ1n) is 16.5. The fourth-order valence-corrected chi connectivity index (χ4v) is 8.90. The molecule has 0 bridgehead atoms. The number of rotatable bonds is 6. The minimum Gasteiger partial charge on any atom is -0.353 e. The van der Waals surface area contributed by atoms with Crippen molar-refractivity contribution in [3.8, 4) is 0 Å². The zero-order valence-corrected chi connectivity index (χ0v) is 26.5. The van der Waals surface area contributed by atoms with Gasteiger partial charge in [-0.05, 0) is 72.6 Å². The van der Waals surface area contributed by atoms with Crippen molar-refractivity contribution in [3.05, 3.63) is 108 Å². The van der Waals surface area contributed by atoms with Gasteiger partial charge in [0.1, 0.15) is 0 Å². The predicted molar refractivity (Wildman–Crippen MR) is 176 cm³/mol. The molecule has 7 rings (SSSR count). The van der Waals surface area contributed by atoms with Crippen molar-refractivity contribution >= 4 is 11.8 Å². The largest absolute Gasteiger partial charge is 0.353 e. The Morgan fingerprint density at radius 3 is 1.80 bits per heavy atom. The maximum atomic E-state index is 12.2. The lowest BCUT2D eigenvalue weighted by molar-refractivity contribution is -0.130. The summed E-state index contributed by atoms with van der Waals surface area (Å²) in [5.74, 6) is 2.95. The number of carbonyl (C=O) groups excluding carboxylic acids is 2. The second-order valence-electron chi connectivity index (χ2n) is 13.4. The van der Waals surface area contributed by atoms with Gasteiger partial charge in [0.2, 0.25) is 11.8 Å². The van der Waals surface area contributed by atoms with E-state index < -0.39 is 0 Å². The molecule has 2 N–H and O–H groups in total. The molecule has 2 aliphatic heterocycles.